The molecule has 0 aliphatic heterocycles. The molecule has 0 radical (unpaired) electrons. The highest BCUT2D eigenvalue weighted by Crippen LogP contribution is 2.34. The summed E-state index contributed by atoms with van der Waals surface area (Å²) in [4.78, 5) is 4.43. The second kappa shape index (κ2) is 4.01. The number of nitrogens with zero attached hydrogens (tertiary/aromatic N) is 3. The molecular formula is C10H16BrN3. The lowest BCUT2D eigenvalue weighted by molar-refractivity contribution is 0.334. The predicted molar refractivity (Wildman–Crippen MR) is 59.1 cm³/mol. The van der Waals surface area contributed by atoms with E-state index in [4.69, 9.17) is 0 Å². The van der Waals surface area contributed by atoms with Gasteiger partial charge in [0.25, 0.3) is 0 Å². The van der Waals surface area contributed by atoms with E-state index in [9.17, 15) is 0 Å². The van der Waals surface area contributed by atoms with E-state index in [1.54, 1.807) is 0 Å². The van der Waals surface area contributed by atoms with E-state index in [2.05, 4.69) is 32.9 Å². The topological polar surface area (TPSA) is 30.7 Å². The summed E-state index contributed by atoms with van der Waals surface area (Å²) < 4.78 is 2.62. The van der Waals surface area contributed by atoms with Crippen LogP contribution < -0.4 is 0 Å². The molecule has 14 heavy (non-hydrogen) atoms. The standard InChI is InChI=1S/C10H16BrN3/c1-7-3-5-8(6-4-7)9-12-10(11)13-14(9)2/h7-8H,3-6H2,1-2H3/t7-,8-. The van der Waals surface area contributed by atoms with Crippen LogP contribution in [-0.2, 0) is 7.05 Å². The molecule has 1 saturated carbocycles. The van der Waals surface area contributed by atoms with Gasteiger partial charge in [-0.25, -0.2) is 4.98 Å². The fourth-order valence-electron chi connectivity index (χ4n) is 2.24. The maximum atomic E-state index is 4.43. The summed E-state index contributed by atoms with van der Waals surface area (Å²) in [5, 5.41) is 4.23. The third kappa shape index (κ3) is 2.00. The lowest BCUT2D eigenvalue weighted by atomic mass is 9.82. The molecule has 0 saturated heterocycles. The largest absolute Gasteiger partial charge is 0.252 e. The Morgan fingerprint density at radius 1 is 1.29 bits per heavy atom. The summed E-state index contributed by atoms with van der Waals surface area (Å²) >= 11 is 3.32. The van der Waals surface area contributed by atoms with Crippen LogP contribution >= 0.6 is 15.9 Å². The van der Waals surface area contributed by atoms with E-state index < -0.39 is 0 Å². The van der Waals surface area contributed by atoms with Gasteiger partial charge in [-0.15, -0.1) is 5.10 Å². The third-order valence-electron chi connectivity index (χ3n) is 3.15. The van der Waals surface area contributed by atoms with Crippen LogP contribution in [0.2, 0.25) is 0 Å². The number of hydrogen-bond donors (Lipinski definition) is 0. The molecule has 2 rings (SSSR count). The van der Waals surface area contributed by atoms with Crippen molar-refractivity contribution in [2.45, 2.75) is 38.5 Å². The van der Waals surface area contributed by atoms with Gasteiger partial charge in [-0.2, -0.15) is 0 Å². The van der Waals surface area contributed by atoms with Crippen LogP contribution in [0, 0.1) is 5.92 Å². The fraction of sp³-hybridized carbons (Fsp3) is 0.800. The number of rotatable bonds is 1. The molecule has 1 aromatic rings. The van der Waals surface area contributed by atoms with Gasteiger partial charge in [0.2, 0.25) is 4.73 Å². The van der Waals surface area contributed by atoms with Crippen molar-refractivity contribution in [2.24, 2.45) is 13.0 Å². The van der Waals surface area contributed by atoms with E-state index in [-0.39, 0.29) is 0 Å². The predicted octanol–water partition coefficient (Wildman–Crippen LogP) is 2.87. The van der Waals surface area contributed by atoms with E-state index in [1.807, 2.05) is 11.7 Å². The summed E-state index contributed by atoms with van der Waals surface area (Å²) in [5.41, 5.74) is 0. The normalized spacial score (nSPS) is 27.9. The average Bonchev–Trinajstić information content (AvgIpc) is 2.47. The van der Waals surface area contributed by atoms with Crippen molar-refractivity contribution < 1.29 is 0 Å². The highest BCUT2D eigenvalue weighted by Gasteiger charge is 2.23. The number of aryl methyl sites for hydroxylation is 1. The highest BCUT2D eigenvalue weighted by molar-refractivity contribution is 9.10. The van der Waals surface area contributed by atoms with Crippen molar-refractivity contribution in [3.63, 3.8) is 0 Å². The summed E-state index contributed by atoms with van der Waals surface area (Å²) in [5.74, 6) is 2.65. The van der Waals surface area contributed by atoms with E-state index in [1.165, 1.54) is 25.7 Å². The fourth-order valence-corrected chi connectivity index (χ4v) is 2.66. The molecule has 0 bridgehead atoms. The van der Waals surface area contributed by atoms with Gasteiger partial charge >= 0.3 is 0 Å². The maximum absolute atomic E-state index is 4.43. The zero-order valence-electron chi connectivity index (χ0n) is 8.70. The Bertz CT molecular complexity index is 313. The van der Waals surface area contributed by atoms with Crippen LogP contribution in [0.3, 0.4) is 0 Å². The number of hydrogen-bond acceptors (Lipinski definition) is 2. The first kappa shape index (κ1) is 10.1. The van der Waals surface area contributed by atoms with Crippen LogP contribution in [0.4, 0.5) is 0 Å². The van der Waals surface area contributed by atoms with E-state index in [0.717, 1.165) is 11.7 Å². The molecule has 0 atom stereocenters. The second-order valence-corrected chi connectivity index (χ2v) is 5.03. The zero-order valence-corrected chi connectivity index (χ0v) is 10.3. The first-order valence-electron chi connectivity index (χ1n) is 5.23. The zero-order chi connectivity index (χ0) is 10.1. The molecule has 1 aliphatic carbocycles. The van der Waals surface area contributed by atoms with Gasteiger partial charge < -0.3 is 0 Å². The molecule has 4 heteroatoms. The molecule has 0 unspecified atom stereocenters. The maximum Gasteiger partial charge on any atom is 0.217 e. The Morgan fingerprint density at radius 2 is 1.93 bits per heavy atom. The van der Waals surface area contributed by atoms with Crippen molar-refractivity contribution in [1.82, 2.24) is 14.8 Å². The van der Waals surface area contributed by atoms with Gasteiger partial charge in [0.15, 0.2) is 0 Å². The molecule has 1 aromatic heterocycles. The molecule has 3 nitrogen and oxygen atoms in total. The van der Waals surface area contributed by atoms with Crippen molar-refractivity contribution in [3.8, 4) is 0 Å². The Hall–Kier alpha value is -0.380. The molecule has 1 heterocycles. The van der Waals surface area contributed by atoms with E-state index >= 15 is 0 Å². The molecule has 78 valence electrons. The molecule has 0 amide bonds. The van der Waals surface area contributed by atoms with Gasteiger partial charge in [0.05, 0.1) is 0 Å². The summed E-state index contributed by atoms with van der Waals surface area (Å²) in [6, 6.07) is 0. The minimum atomic E-state index is 0.620. The highest BCUT2D eigenvalue weighted by atomic mass is 79.9. The van der Waals surface area contributed by atoms with Crippen LogP contribution in [0.15, 0.2) is 4.73 Å². The van der Waals surface area contributed by atoms with Gasteiger partial charge in [-0.3, -0.25) is 4.68 Å². The summed E-state index contributed by atoms with van der Waals surface area (Å²) in [6.07, 6.45) is 5.19. The van der Waals surface area contributed by atoms with Gasteiger partial charge in [-0.05, 0) is 34.7 Å². The van der Waals surface area contributed by atoms with Crippen molar-refractivity contribution in [3.05, 3.63) is 10.6 Å². The smallest absolute Gasteiger partial charge is 0.217 e. The van der Waals surface area contributed by atoms with Gasteiger partial charge in [0.1, 0.15) is 5.82 Å². The van der Waals surface area contributed by atoms with Crippen LogP contribution in [0.1, 0.15) is 44.3 Å². The summed E-state index contributed by atoms with van der Waals surface area (Å²) in [7, 11) is 1.98. The van der Waals surface area contributed by atoms with Crippen molar-refractivity contribution >= 4 is 15.9 Å². The molecule has 1 aliphatic rings. The SMILES string of the molecule is Cn1nc(Br)nc1[C@H]1CC[C@H](C)CC1. The molecule has 0 N–H and O–H groups in total. The summed E-state index contributed by atoms with van der Waals surface area (Å²) in [6.45, 7) is 2.34. The Balaban J connectivity index is 2.11. The Kier molecular flexibility index (Phi) is 2.91. The van der Waals surface area contributed by atoms with Crippen molar-refractivity contribution in [1.29, 1.82) is 0 Å². The number of aromatic nitrogens is 3. The minimum absolute atomic E-state index is 0.620. The monoisotopic (exact) mass is 257 g/mol. The number of halogens is 1. The lowest BCUT2D eigenvalue weighted by Crippen LogP contribution is -2.14. The first-order valence-corrected chi connectivity index (χ1v) is 6.02. The molecular weight excluding hydrogens is 242 g/mol. The molecule has 0 spiro atoms. The Morgan fingerprint density at radius 3 is 2.43 bits per heavy atom. The molecule has 0 aromatic carbocycles. The third-order valence-corrected chi connectivity index (χ3v) is 3.49. The second-order valence-electron chi connectivity index (χ2n) is 4.32. The van der Waals surface area contributed by atoms with Gasteiger partial charge in [-0.1, -0.05) is 19.8 Å². The molecule has 1 fully saturated rings. The van der Waals surface area contributed by atoms with Crippen LogP contribution in [0.5, 0.6) is 0 Å². The van der Waals surface area contributed by atoms with Crippen LogP contribution in [-0.4, -0.2) is 14.8 Å². The minimum Gasteiger partial charge on any atom is -0.252 e. The first-order chi connectivity index (χ1) is 6.66. The van der Waals surface area contributed by atoms with Crippen molar-refractivity contribution in [2.75, 3.05) is 0 Å². The van der Waals surface area contributed by atoms with E-state index in [0.29, 0.717) is 10.7 Å². The Labute approximate surface area is 93.0 Å². The lowest BCUT2D eigenvalue weighted by Gasteiger charge is -2.25. The average molecular weight is 258 g/mol. The van der Waals surface area contributed by atoms with Gasteiger partial charge in [0, 0.05) is 13.0 Å². The quantitative estimate of drug-likeness (QED) is 0.775. The van der Waals surface area contributed by atoms with Crippen LogP contribution in [0.25, 0.3) is 0 Å².